The van der Waals surface area contributed by atoms with Crippen LogP contribution in [0.1, 0.15) is 30.9 Å². The molecule has 1 aliphatic carbocycles. The molecule has 0 aromatic heterocycles. The van der Waals surface area contributed by atoms with Gasteiger partial charge in [-0.3, -0.25) is 4.79 Å². The van der Waals surface area contributed by atoms with E-state index >= 15 is 0 Å². The molecule has 0 aliphatic heterocycles. The van der Waals surface area contributed by atoms with Crippen molar-refractivity contribution in [1.29, 1.82) is 0 Å². The molecule has 4 heteroatoms. The molecule has 0 bridgehead atoms. The van der Waals surface area contributed by atoms with Crippen molar-refractivity contribution in [3.63, 3.8) is 0 Å². The SMILES string of the molecule is CC(CN)C(=O)Nc1cccc2c1CCCC2.Cl. The molecule has 0 saturated heterocycles. The maximum absolute atomic E-state index is 11.8. The normalized spacial score (nSPS) is 15.2. The number of nitrogens with one attached hydrogen (secondary N) is 1. The summed E-state index contributed by atoms with van der Waals surface area (Å²) in [7, 11) is 0. The number of fused-ring (bicyclic) bond motifs is 1. The highest BCUT2D eigenvalue weighted by Gasteiger charge is 2.16. The number of carbonyl (C=O) groups excluding carboxylic acids is 1. The number of carbonyl (C=O) groups is 1. The van der Waals surface area contributed by atoms with E-state index in [0.717, 1.165) is 18.5 Å². The van der Waals surface area contributed by atoms with Crippen LogP contribution in [0.2, 0.25) is 0 Å². The van der Waals surface area contributed by atoms with E-state index in [-0.39, 0.29) is 24.2 Å². The summed E-state index contributed by atoms with van der Waals surface area (Å²) in [5.41, 5.74) is 9.18. The minimum absolute atomic E-state index is 0. The zero-order valence-electron chi connectivity index (χ0n) is 10.7. The van der Waals surface area contributed by atoms with Gasteiger partial charge < -0.3 is 11.1 Å². The molecule has 0 spiro atoms. The number of anilines is 1. The van der Waals surface area contributed by atoms with E-state index in [1.165, 1.54) is 24.0 Å². The maximum Gasteiger partial charge on any atom is 0.228 e. The summed E-state index contributed by atoms with van der Waals surface area (Å²) >= 11 is 0. The molecule has 0 fully saturated rings. The quantitative estimate of drug-likeness (QED) is 0.885. The van der Waals surface area contributed by atoms with Crippen LogP contribution in [-0.2, 0) is 17.6 Å². The van der Waals surface area contributed by atoms with Crippen LogP contribution in [-0.4, -0.2) is 12.5 Å². The predicted octanol–water partition coefficient (Wildman–Crippen LogP) is 2.52. The van der Waals surface area contributed by atoms with Crippen molar-refractivity contribution in [2.45, 2.75) is 32.6 Å². The number of hydrogen-bond acceptors (Lipinski definition) is 2. The molecule has 1 unspecified atom stereocenters. The first kappa shape index (κ1) is 15.0. The highest BCUT2D eigenvalue weighted by molar-refractivity contribution is 5.93. The zero-order chi connectivity index (χ0) is 12.3. The van der Waals surface area contributed by atoms with Gasteiger partial charge in [0.05, 0.1) is 0 Å². The summed E-state index contributed by atoms with van der Waals surface area (Å²) in [5.74, 6) is -0.110. The summed E-state index contributed by atoms with van der Waals surface area (Å²) in [6.07, 6.45) is 4.67. The van der Waals surface area contributed by atoms with Gasteiger partial charge in [-0.1, -0.05) is 19.1 Å². The number of nitrogens with two attached hydrogens (primary N) is 1. The van der Waals surface area contributed by atoms with Gasteiger partial charge in [0.1, 0.15) is 0 Å². The van der Waals surface area contributed by atoms with Crippen molar-refractivity contribution in [3.05, 3.63) is 29.3 Å². The highest BCUT2D eigenvalue weighted by atomic mass is 35.5. The first-order valence-electron chi connectivity index (χ1n) is 6.34. The van der Waals surface area contributed by atoms with Crippen LogP contribution in [0.25, 0.3) is 0 Å². The largest absolute Gasteiger partial charge is 0.330 e. The predicted molar refractivity (Wildman–Crippen MR) is 77.2 cm³/mol. The Labute approximate surface area is 115 Å². The number of aryl methyl sites for hydroxylation is 1. The summed E-state index contributed by atoms with van der Waals surface area (Å²) in [4.78, 5) is 11.8. The topological polar surface area (TPSA) is 55.1 Å². The van der Waals surface area contributed by atoms with Gasteiger partial charge in [0.25, 0.3) is 0 Å². The summed E-state index contributed by atoms with van der Waals surface area (Å²) in [6, 6.07) is 6.18. The minimum atomic E-state index is -0.130. The van der Waals surface area contributed by atoms with E-state index in [9.17, 15) is 4.79 Å². The Hall–Kier alpha value is -1.06. The molecular weight excluding hydrogens is 248 g/mol. The molecule has 18 heavy (non-hydrogen) atoms. The molecule has 1 aromatic rings. The molecule has 3 nitrogen and oxygen atoms in total. The first-order chi connectivity index (χ1) is 8.22. The lowest BCUT2D eigenvalue weighted by Crippen LogP contribution is -2.27. The molecule has 3 N–H and O–H groups in total. The summed E-state index contributed by atoms with van der Waals surface area (Å²) in [5, 5.41) is 3.00. The Kier molecular flexibility index (Phi) is 5.63. The molecular formula is C14H21ClN2O. The van der Waals surface area contributed by atoms with Crippen LogP contribution in [0, 0.1) is 5.92 Å². The summed E-state index contributed by atoms with van der Waals surface area (Å²) in [6.45, 7) is 2.24. The van der Waals surface area contributed by atoms with E-state index in [4.69, 9.17) is 5.73 Å². The number of amides is 1. The van der Waals surface area contributed by atoms with Crippen LogP contribution in [0.4, 0.5) is 5.69 Å². The fourth-order valence-electron chi connectivity index (χ4n) is 2.26. The van der Waals surface area contributed by atoms with E-state index in [1.54, 1.807) is 0 Å². The number of halogens is 1. The highest BCUT2D eigenvalue weighted by Crippen LogP contribution is 2.28. The van der Waals surface area contributed by atoms with Crippen LogP contribution in [0.5, 0.6) is 0 Å². The lowest BCUT2D eigenvalue weighted by molar-refractivity contribution is -0.119. The van der Waals surface area contributed by atoms with Crippen LogP contribution >= 0.6 is 12.4 Å². The molecule has 0 radical (unpaired) electrons. The molecule has 1 amide bonds. The Morgan fingerprint density at radius 3 is 2.83 bits per heavy atom. The molecule has 2 rings (SSSR count). The van der Waals surface area contributed by atoms with E-state index in [0.29, 0.717) is 6.54 Å². The van der Waals surface area contributed by atoms with Gasteiger partial charge in [-0.25, -0.2) is 0 Å². The van der Waals surface area contributed by atoms with Crippen molar-refractivity contribution >= 4 is 24.0 Å². The van der Waals surface area contributed by atoms with Crippen molar-refractivity contribution < 1.29 is 4.79 Å². The van der Waals surface area contributed by atoms with E-state index in [1.807, 2.05) is 19.1 Å². The van der Waals surface area contributed by atoms with E-state index in [2.05, 4.69) is 11.4 Å². The molecule has 0 saturated carbocycles. The molecule has 0 heterocycles. The van der Waals surface area contributed by atoms with Gasteiger partial charge in [0.15, 0.2) is 0 Å². The summed E-state index contributed by atoms with van der Waals surface area (Å²) < 4.78 is 0. The Balaban J connectivity index is 0.00000162. The number of rotatable bonds is 3. The monoisotopic (exact) mass is 268 g/mol. The molecule has 1 aliphatic rings. The van der Waals surface area contributed by atoms with Gasteiger partial charge in [-0.2, -0.15) is 0 Å². The Morgan fingerprint density at radius 2 is 2.11 bits per heavy atom. The van der Waals surface area contributed by atoms with Crippen LogP contribution < -0.4 is 11.1 Å². The molecule has 1 atom stereocenters. The van der Waals surface area contributed by atoms with Crippen molar-refractivity contribution in [2.75, 3.05) is 11.9 Å². The second kappa shape index (κ2) is 6.76. The average Bonchev–Trinajstić information content (AvgIpc) is 2.38. The molecule has 1 aromatic carbocycles. The standard InChI is InChI=1S/C14H20N2O.ClH/c1-10(9-15)14(17)16-13-8-4-6-11-5-2-3-7-12(11)13;/h4,6,8,10H,2-3,5,7,9,15H2,1H3,(H,16,17);1H. The van der Waals surface area contributed by atoms with Gasteiger partial charge in [0, 0.05) is 18.2 Å². The third kappa shape index (κ3) is 3.24. The minimum Gasteiger partial charge on any atom is -0.330 e. The van der Waals surface area contributed by atoms with Crippen molar-refractivity contribution in [1.82, 2.24) is 0 Å². The Bertz CT molecular complexity index is 420. The fraction of sp³-hybridized carbons (Fsp3) is 0.500. The second-order valence-corrected chi connectivity index (χ2v) is 4.78. The lowest BCUT2D eigenvalue weighted by Gasteiger charge is -2.20. The number of benzene rings is 1. The van der Waals surface area contributed by atoms with Gasteiger partial charge >= 0.3 is 0 Å². The second-order valence-electron chi connectivity index (χ2n) is 4.78. The maximum atomic E-state index is 11.8. The number of hydrogen-bond donors (Lipinski definition) is 2. The molecule has 100 valence electrons. The average molecular weight is 269 g/mol. The van der Waals surface area contributed by atoms with Gasteiger partial charge in [-0.15, -0.1) is 12.4 Å². The van der Waals surface area contributed by atoms with Crippen molar-refractivity contribution in [2.24, 2.45) is 11.7 Å². The van der Waals surface area contributed by atoms with Crippen LogP contribution in [0.3, 0.4) is 0 Å². The van der Waals surface area contributed by atoms with Gasteiger partial charge in [-0.05, 0) is 42.9 Å². The lowest BCUT2D eigenvalue weighted by atomic mass is 9.90. The Morgan fingerprint density at radius 1 is 1.39 bits per heavy atom. The van der Waals surface area contributed by atoms with E-state index < -0.39 is 0 Å². The first-order valence-corrected chi connectivity index (χ1v) is 6.34. The van der Waals surface area contributed by atoms with Gasteiger partial charge in [0.2, 0.25) is 5.91 Å². The fourth-order valence-corrected chi connectivity index (χ4v) is 2.26. The zero-order valence-corrected chi connectivity index (χ0v) is 11.6. The third-order valence-electron chi connectivity index (χ3n) is 3.45. The third-order valence-corrected chi connectivity index (χ3v) is 3.45. The van der Waals surface area contributed by atoms with Crippen LogP contribution in [0.15, 0.2) is 18.2 Å². The van der Waals surface area contributed by atoms with Crippen molar-refractivity contribution in [3.8, 4) is 0 Å². The smallest absolute Gasteiger partial charge is 0.228 e.